The molecule has 0 aliphatic rings. The number of aryl methyl sites for hydroxylation is 1. The molecule has 0 aliphatic carbocycles. The summed E-state index contributed by atoms with van der Waals surface area (Å²) in [4.78, 5) is 28.1. The lowest BCUT2D eigenvalue weighted by Gasteiger charge is -2.33. The molecule has 35 heavy (non-hydrogen) atoms. The zero-order chi connectivity index (χ0) is 26.2. The summed E-state index contributed by atoms with van der Waals surface area (Å²) < 4.78 is 26.2. The molecule has 0 aromatic heterocycles. The van der Waals surface area contributed by atoms with Crippen LogP contribution in [0.15, 0.2) is 42.5 Å². The number of hydrogen-bond donors (Lipinski definition) is 1. The molecule has 2 amide bonds. The van der Waals surface area contributed by atoms with E-state index in [0.717, 1.165) is 34.5 Å². The largest absolute Gasteiger partial charge is 0.354 e. The number of unbranched alkanes of at least 4 members (excludes halogenated alkanes) is 1. The molecule has 0 bridgehead atoms. The topological polar surface area (TPSA) is 86.8 Å². The van der Waals surface area contributed by atoms with Gasteiger partial charge in [-0.15, -0.1) is 0 Å². The molecule has 2 aromatic rings. The van der Waals surface area contributed by atoms with Crippen LogP contribution in [0.4, 0.5) is 5.69 Å². The van der Waals surface area contributed by atoms with E-state index in [4.69, 9.17) is 23.2 Å². The minimum absolute atomic E-state index is 0.166. The number of anilines is 1. The zero-order valence-corrected chi connectivity index (χ0v) is 22.9. The van der Waals surface area contributed by atoms with E-state index in [9.17, 15) is 18.0 Å². The van der Waals surface area contributed by atoms with Gasteiger partial charge in [0.25, 0.3) is 0 Å². The van der Waals surface area contributed by atoms with Gasteiger partial charge in [0, 0.05) is 13.1 Å². The van der Waals surface area contributed by atoms with E-state index in [1.54, 1.807) is 0 Å². The molecule has 0 aliphatic heterocycles. The normalized spacial score (nSPS) is 12.2. The van der Waals surface area contributed by atoms with Crippen molar-refractivity contribution in [1.82, 2.24) is 10.2 Å². The lowest BCUT2D eigenvalue weighted by atomic mass is 10.1. The lowest BCUT2D eigenvalue weighted by Crippen LogP contribution is -2.52. The first-order valence-electron chi connectivity index (χ1n) is 11.5. The number of hydrogen-bond acceptors (Lipinski definition) is 4. The standard InChI is InChI=1S/C25H33Cl2N3O4S/c1-5-7-13-28-25(32)23(6-2)29(16-19-10-8-9-18(3)14-19)24(31)17-30(35(4,33)34)20-11-12-21(26)22(27)15-20/h8-12,14-15,23H,5-7,13,16-17H2,1-4H3,(H,28,32)/t23-/m0/s1. The second kappa shape index (κ2) is 13.1. The minimum atomic E-state index is -3.84. The van der Waals surface area contributed by atoms with Gasteiger partial charge in [0.05, 0.1) is 22.0 Å². The maximum absolute atomic E-state index is 13.6. The predicted octanol–water partition coefficient (Wildman–Crippen LogP) is 4.79. The van der Waals surface area contributed by atoms with Gasteiger partial charge in [-0.2, -0.15) is 0 Å². The van der Waals surface area contributed by atoms with E-state index in [1.807, 2.05) is 45.0 Å². The van der Waals surface area contributed by atoms with Gasteiger partial charge < -0.3 is 10.2 Å². The molecule has 0 radical (unpaired) electrons. The monoisotopic (exact) mass is 541 g/mol. The number of carbonyl (C=O) groups is 2. The van der Waals surface area contributed by atoms with Gasteiger partial charge >= 0.3 is 0 Å². The first-order valence-corrected chi connectivity index (χ1v) is 14.1. The molecule has 7 nitrogen and oxygen atoms in total. The van der Waals surface area contributed by atoms with Crippen molar-refractivity contribution >= 4 is 50.7 Å². The van der Waals surface area contributed by atoms with Crippen LogP contribution in [0.25, 0.3) is 0 Å². The summed E-state index contributed by atoms with van der Waals surface area (Å²) in [6.45, 7) is 5.99. The average molecular weight is 543 g/mol. The van der Waals surface area contributed by atoms with E-state index >= 15 is 0 Å². The Morgan fingerprint density at radius 1 is 1.06 bits per heavy atom. The van der Waals surface area contributed by atoms with Gasteiger partial charge in [-0.1, -0.05) is 73.3 Å². The Morgan fingerprint density at radius 2 is 1.77 bits per heavy atom. The van der Waals surface area contributed by atoms with Gasteiger partial charge in [-0.05, 0) is 43.5 Å². The third kappa shape index (κ3) is 8.40. The Balaban J connectivity index is 2.42. The fourth-order valence-corrected chi connectivity index (χ4v) is 4.82. The highest BCUT2D eigenvalue weighted by molar-refractivity contribution is 7.92. The summed E-state index contributed by atoms with van der Waals surface area (Å²) in [7, 11) is -3.84. The second-order valence-corrected chi connectivity index (χ2v) is 11.2. The molecule has 0 unspecified atom stereocenters. The third-order valence-corrected chi connectivity index (χ3v) is 7.40. The first kappa shape index (κ1) is 28.9. The molecule has 2 rings (SSSR count). The van der Waals surface area contributed by atoms with Gasteiger partial charge in [0.2, 0.25) is 21.8 Å². The van der Waals surface area contributed by atoms with Crippen LogP contribution in [0.2, 0.25) is 10.0 Å². The van der Waals surface area contributed by atoms with Crippen molar-refractivity contribution in [1.29, 1.82) is 0 Å². The number of amides is 2. The molecule has 2 aromatic carbocycles. The molecular weight excluding hydrogens is 509 g/mol. The number of benzene rings is 2. The van der Waals surface area contributed by atoms with E-state index in [0.29, 0.717) is 13.0 Å². The van der Waals surface area contributed by atoms with Crippen molar-refractivity contribution < 1.29 is 18.0 Å². The Kier molecular flexibility index (Phi) is 10.9. The van der Waals surface area contributed by atoms with E-state index in [2.05, 4.69) is 5.32 Å². The molecule has 0 spiro atoms. The quantitative estimate of drug-likeness (QED) is 0.391. The van der Waals surface area contributed by atoms with Crippen LogP contribution < -0.4 is 9.62 Å². The highest BCUT2D eigenvalue weighted by Crippen LogP contribution is 2.28. The van der Waals surface area contributed by atoms with Crippen LogP contribution in [0, 0.1) is 6.92 Å². The van der Waals surface area contributed by atoms with E-state index < -0.39 is 28.5 Å². The Labute approximate surface area is 218 Å². The van der Waals surface area contributed by atoms with Crippen molar-refractivity contribution in [3.8, 4) is 0 Å². The summed E-state index contributed by atoms with van der Waals surface area (Å²) in [6.07, 6.45) is 3.15. The van der Waals surface area contributed by atoms with Crippen LogP contribution in [0.1, 0.15) is 44.2 Å². The van der Waals surface area contributed by atoms with Crippen LogP contribution in [-0.4, -0.2) is 50.5 Å². The van der Waals surface area contributed by atoms with Crippen molar-refractivity contribution in [3.05, 3.63) is 63.6 Å². The SMILES string of the molecule is CCCCNC(=O)[C@H](CC)N(Cc1cccc(C)c1)C(=O)CN(c1ccc(Cl)c(Cl)c1)S(C)(=O)=O. The molecule has 0 saturated carbocycles. The molecule has 1 N–H and O–H groups in total. The van der Waals surface area contributed by atoms with Crippen LogP contribution in [0.3, 0.4) is 0 Å². The summed E-state index contributed by atoms with van der Waals surface area (Å²) in [5.41, 5.74) is 2.08. The number of sulfonamides is 1. The van der Waals surface area contributed by atoms with Gasteiger partial charge in [-0.25, -0.2) is 8.42 Å². The van der Waals surface area contributed by atoms with Crippen LogP contribution in [0.5, 0.6) is 0 Å². The van der Waals surface area contributed by atoms with E-state index in [1.165, 1.54) is 23.1 Å². The molecular formula is C25H33Cl2N3O4S. The third-order valence-electron chi connectivity index (χ3n) is 5.52. The fraction of sp³-hybridized carbons (Fsp3) is 0.440. The molecule has 10 heteroatoms. The highest BCUT2D eigenvalue weighted by atomic mass is 35.5. The molecule has 0 heterocycles. The predicted molar refractivity (Wildman–Crippen MR) is 142 cm³/mol. The summed E-state index contributed by atoms with van der Waals surface area (Å²) in [5.74, 6) is -0.761. The van der Waals surface area contributed by atoms with Crippen molar-refractivity contribution in [2.75, 3.05) is 23.7 Å². The maximum Gasteiger partial charge on any atom is 0.244 e. The maximum atomic E-state index is 13.6. The number of carbonyl (C=O) groups excluding carboxylic acids is 2. The first-order chi connectivity index (χ1) is 16.5. The lowest BCUT2D eigenvalue weighted by molar-refractivity contribution is -0.140. The van der Waals surface area contributed by atoms with Gasteiger partial charge in [0.1, 0.15) is 12.6 Å². The smallest absolute Gasteiger partial charge is 0.244 e. The number of halogens is 2. The van der Waals surface area contributed by atoms with E-state index in [-0.39, 0.29) is 28.2 Å². The molecule has 1 atom stereocenters. The number of rotatable bonds is 12. The zero-order valence-electron chi connectivity index (χ0n) is 20.6. The summed E-state index contributed by atoms with van der Waals surface area (Å²) in [6, 6.07) is 11.3. The van der Waals surface area contributed by atoms with Crippen molar-refractivity contribution in [2.24, 2.45) is 0 Å². The fourth-order valence-electron chi connectivity index (χ4n) is 3.69. The number of nitrogens with one attached hydrogen (secondary N) is 1. The Bertz CT molecular complexity index is 1140. The van der Waals surface area contributed by atoms with Crippen molar-refractivity contribution in [2.45, 2.75) is 52.6 Å². The molecule has 192 valence electrons. The van der Waals surface area contributed by atoms with Crippen LogP contribution in [-0.2, 0) is 26.2 Å². The number of nitrogens with zero attached hydrogens (tertiary/aromatic N) is 2. The van der Waals surface area contributed by atoms with Gasteiger partial charge in [0.15, 0.2) is 0 Å². The van der Waals surface area contributed by atoms with Crippen LogP contribution >= 0.6 is 23.2 Å². The average Bonchev–Trinajstić information content (AvgIpc) is 2.78. The summed E-state index contributed by atoms with van der Waals surface area (Å²) >= 11 is 12.1. The minimum Gasteiger partial charge on any atom is -0.354 e. The second-order valence-electron chi connectivity index (χ2n) is 8.45. The highest BCUT2D eigenvalue weighted by Gasteiger charge is 2.31. The Hall–Kier alpha value is -2.29. The Morgan fingerprint density at radius 3 is 2.34 bits per heavy atom. The summed E-state index contributed by atoms with van der Waals surface area (Å²) in [5, 5.41) is 3.34. The van der Waals surface area contributed by atoms with Crippen molar-refractivity contribution in [3.63, 3.8) is 0 Å². The molecule has 0 saturated heterocycles. The molecule has 0 fully saturated rings. The van der Waals surface area contributed by atoms with Gasteiger partial charge in [-0.3, -0.25) is 13.9 Å².